The van der Waals surface area contributed by atoms with Gasteiger partial charge in [0.05, 0.1) is 0 Å². The third-order valence-electron chi connectivity index (χ3n) is 5.23. The molecule has 1 aliphatic heterocycles. The number of nitrogens with one attached hydrogen (secondary N) is 3. The summed E-state index contributed by atoms with van der Waals surface area (Å²) in [6.45, 7) is 8.30. The third-order valence-corrected chi connectivity index (χ3v) is 5.23. The standard InChI is InChI=1S/C22H37N5O.HI/c1-4-9-21(28)26-20-12-7-11-19(16-20)17-25-22(23-3)24-13-8-15-27-14-6-5-10-18(27)2;/h7,11-12,16,18H,4-6,8-10,13-15,17H2,1-3H3,(H,26,28)(H2,23,24,25);1H. The highest BCUT2D eigenvalue weighted by molar-refractivity contribution is 14.0. The number of amides is 1. The molecule has 0 spiro atoms. The molecule has 6 nitrogen and oxygen atoms in total. The number of guanidine groups is 1. The van der Waals surface area contributed by atoms with Crippen molar-refractivity contribution in [2.75, 3.05) is 32.0 Å². The zero-order chi connectivity index (χ0) is 20.2. The van der Waals surface area contributed by atoms with E-state index in [2.05, 4.69) is 32.8 Å². The Hall–Kier alpha value is -1.35. The van der Waals surface area contributed by atoms with Gasteiger partial charge in [-0.05, 0) is 56.8 Å². The number of piperidine rings is 1. The van der Waals surface area contributed by atoms with Crippen molar-refractivity contribution >= 4 is 41.5 Å². The van der Waals surface area contributed by atoms with Gasteiger partial charge in [-0.15, -0.1) is 24.0 Å². The monoisotopic (exact) mass is 515 g/mol. The van der Waals surface area contributed by atoms with E-state index in [-0.39, 0.29) is 29.9 Å². The lowest BCUT2D eigenvalue weighted by atomic mass is 10.0. The first kappa shape index (κ1) is 25.7. The van der Waals surface area contributed by atoms with Crippen LogP contribution < -0.4 is 16.0 Å². The zero-order valence-corrected chi connectivity index (χ0v) is 20.5. The molecular formula is C22H38IN5O. The van der Waals surface area contributed by atoms with Crippen LogP contribution >= 0.6 is 24.0 Å². The molecule has 1 saturated heterocycles. The summed E-state index contributed by atoms with van der Waals surface area (Å²) in [7, 11) is 1.80. The van der Waals surface area contributed by atoms with E-state index in [1.54, 1.807) is 7.05 Å². The summed E-state index contributed by atoms with van der Waals surface area (Å²) in [6, 6.07) is 8.66. The second-order valence-corrected chi connectivity index (χ2v) is 7.59. The Balaban J connectivity index is 0.00000420. The molecule has 1 aromatic rings. The lowest BCUT2D eigenvalue weighted by molar-refractivity contribution is -0.116. The minimum atomic E-state index is 0. The molecule has 0 saturated carbocycles. The molecule has 1 unspecified atom stereocenters. The highest BCUT2D eigenvalue weighted by Gasteiger charge is 2.17. The molecular weight excluding hydrogens is 477 g/mol. The van der Waals surface area contributed by atoms with E-state index in [0.29, 0.717) is 13.0 Å². The van der Waals surface area contributed by atoms with Crippen molar-refractivity contribution in [3.8, 4) is 0 Å². The van der Waals surface area contributed by atoms with E-state index >= 15 is 0 Å². The number of hydrogen-bond donors (Lipinski definition) is 3. The van der Waals surface area contributed by atoms with E-state index in [1.165, 1.54) is 25.8 Å². The summed E-state index contributed by atoms with van der Waals surface area (Å²) in [5.74, 6) is 0.875. The number of carbonyl (C=O) groups excluding carboxylic acids is 1. The van der Waals surface area contributed by atoms with Crippen LogP contribution in [0, 0.1) is 0 Å². The topological polar surface area (TPSA) is 68.8 Å². The predicted molar refractivity (Wildman–Crippen MR) is 133 cm³/mol. The maximum Gasteiger partial charge on any atom is 0.224 e. The highest BCUT2D eigenvalue weighted by atomic mass is 127. The van der Waals surface area contributed by atoms with Crippen molar-refractivity contribution < 1.29 is 4.79 Å². The van der Waals surface area contributed by atoms with Crippen molar-refractivity contribution in [3.63, 3.8) is 0 Å². The molecule has 0 bridgehead atoms. The summed E-state index contributed by atoms with van der Waals surface area (Å²) >= 11 is 0. The molecule has 7 heteroatoms. The molecule has 2 rings (SSSR count). The van der Waals surface area contributed by atoms with Gasteiger partial charge in [0.1, 0.15) is 0 Å². The normalized spacial score (nSPS) is 17.3. The lowest BCUT2D eigenvalue weighted by Gasteiger charge is -2.33. The van der Waals surface area contributed by atoms with Crippen LogP contribution in [-0.4, -0.2) is 49.5 Å². The van der Waals surface area contributed by atoms with Gasteiger partial charge in [0, 0.05) is 44.8 Å². The number of likely N-dealkylation sites (tertiary alicyclic amines) is 1. The number of nitrogens with zero attached hydrogens (tertiary/aromatic N) is 2. The van der Waals surface area contributed by atoms with E-state index < -0.39 is 0 Å². The first-order valence-corrected chi connectivity index (χ1v) is 10.7. The van der Waals surface area contributed by atoms with Crippen LogP contribution in [0.4, 0.5) is 5.69 Å². The second kappa shape index (κ2) is 14.6. The van der Waals surface area contributed by atoms with Crippen molar-refractivity contribution in [1.29, 1.82) is 0 Å². The van der Waals surface area contributed by atoms with Crippen molar-refractivity contribution in [1.82, 2.24) is 15.5 Å². The fourth-order valence-electron chi connectivity index (χ4n) is 3.59. The van der Waals surface area contributed by atoms with Gasteiger partial charge >= 0.3 is 0 Å². The average Bonchev–Trinajstić information content (AvgIpc) is 2.69. The fourth-order valence-corrected chi connectivity index (χ4v) is 3.59. The molecule has 1 atom stereocenters. The molecule has 0 aromatic heterocycles. The van der Waals surface area contributed by atoms with Crippen LogP contribution in [0.5, 0.6) is 0 Å². The molecule has 1 amide bonds. The van der Waals surface area contributed by atoms with Crippen LogP contribution in [0.3, 0.4) is 0 Å². The highest BCUT2D eigenvalue weighted by Crippen LogP contribution is 2.16. The molecule has 29 heavy (non-hydrogen) atoms. The van der Waals surface area contributed by atoms with Gasteiger partial charge < -0.3 is 20.9 Å². The third kappa shape index (κ3) is 9.80. The van der Waals surface area contributed by atoms with E-state index in [1.807, 2.05) is 31.2 Å². The first-order chi connectivity index (χ1) is 13.6. The molecule has 3 N–H and O–H groups in total. The fraction of sp³-hybridized carbons (Fsp3) is 0.636. The Kier molecular flexibility index (Phi) is 12.9. The summed E-state index contributed by atoms with van der Waals surface area (Å²) in [6.07, 6.45) is 6.55. The first-order valence-electron chi connectivity index (χ1n) is 10.7. The van der Waals surface area contributed by atoms with Gasteiger partial charge in [-0.2, -0.15) is 0 Å². The van der Waals surface area contributed by atoms with E-state index in [4.69, 9.17) is 0 Å². The summed E-state index contributed by atoms with van der Waals surface area (Å²) in [5.41, 5.74) is 1.95. The van der Waals surface area contributed by atoms with Gasteiger partial charge in [0.15, 0.2) is 5.96 Å². The van der Waals surface area contributed by atoms with E-state index in [9.17, 15) is 4.79 Å². The SMILES string of the molecule is CCCC(=O)Nc1cccc(CNC(=NC)NCCCN2CCCCC2C)c1.I. The average molecular weight is 515 g/mol. The zero-order valence-electron chi connectivity index (χ0n) is 18.2. The van der Waals surface area contributed by atoms with Gasteiger partial charge in [-0.25, -0.2) is 0 Å². The largest absolute Gasteiger partial charge is 0.356 e. The van der Waals surface area contributed by atoms with Crippen LogP contribution in [0.25, 0.3) is 0 Å². The van der Waals surface area contributed by atoms with Crippen LogP contribution in [0.2, 0.25) is 0 Å². The Morgan fingerprint density at radius 1 is 1.28 bits per heavy atom. The molecule has 0 radical (unpaired) electrons. The number of hydrogen-bond acceptors (Lipinski definition) is 3. The number of rotatable bonds is 9. The summed E-state index contributed by atoms with van der Waals surface area (Å²) < 4.78 is 0. The number of halogens is 1. The molecule has 0 aliphatic carbocycles. The van der Waals surface area contributed by atoms with Crippen LogP contribution in [-0.2, 0) is 11.3 Å². The lowest BCUT2D eigenvalue weighted by Crippen LogP contribution is -2.41. The Morgan fingerprint density at radius 2 is 2.10 bits per heavy atom. The Labute approximate surface area is 193 Å². The molecule has 164 valence electrons. The minimum Gasteiger partial charge on any atom is -0.356 e. The Bertz CT molecular complexity index is 637. The van der Waals surface area contributed by atoms with Crippen molar-refractivity contribution in [3.05, 3.63) is 29.8 Å². The number of aliphatic imine (C=N–C) groups is 1. The molecule has 1 aliphatic rings. The van der Waals surface area contributed by atoms with Gasteiger partial charge in [0.2, 0.25) is 5.91 Å². The summed E-state index contributed by atoms with van der Waals surface area (Å²) in [5, 5.41) is 9.70. The molecule has 1 aromatic carbocycles. The van der Waals surface area contributed by atoms with Crippen molar-refractivity contribution in [2.45, 2.75) is 65.0 Å². The van der Waals surface area contributed by atoms with Gasteiger partial charge in [-0.1, -0.05) is 25.5 Å². The maximum atomic E-state index is 11.8. The number of carbonyl (C=O) groups is 1. The molecule has 1 fully saturated rings. The predicted octanol–water partition coefficient (Wildman–Crippen LogP) is 3.97. The van der Waals surface area contributed by atoms with Gasteiger partial charge in [0.25, 0.3) is 0 Å². The van der Waals surface area contributed by atoms with Gasteiger partial charge in [-0.3, -0.25) is 9.79 Å². The summed E-state index contributed by atoms with van der Waals surface area (Å²) in [4.78, 5) is 18.7. The smallest absolute Gasteiger partial charge is 0.224 e. The van der Waals surface area contributed by atoms with Crippen LogP contribution in [0.15, 0.2) is 29.3 Å². The quantitative estimate of drug-likeness (QED) is 0.202. The number of benzene rings is 1. The minimum absolute atomic E-state index is 0. The second-order valence-electron chi connectivity index (χ2n) is 7.59. The molecule has 1 heterocycles. The van der Waals surface area contributed by atoms with Crippen molar-refractivity contribution in [2.24, 2.45) is 4.99 Å². The Morgan fingerprint density at radius 3 is 2.83 bits per heavy atom. The maximum absolute atomic E-state index is 11.8. The number of anilines is 1. The van der Waals surface area contributed by atoms with Crippen LogP contribution in [0.1, 0.15) is 57.9 Å². The van der Waals surface area contributed by atoms with E-state index in [0.717, 1.165) is 49.2 Å².